The number of aromatic nitrogens is 2. The topological polar surface area (TPSA) is 158 Å². The second-order valence-corrected chi connectivity index (χ2v) is 11.3. The molecule has 4 rings (SSSR count). The van der Waals surface area contributed by atoms with Crippen LogP contribution < -0.4 is 20.9 Å². The van der Waals surface area contributed by atoms with Gasteiger partial charge in [-0.3, -0.25) is 23.7 Å². The SMILES string of the molecule is COC(=O)C1(NP(=O)(OC[C@H]2O[C@@H](n3cc(/C=C/Br)c(=O)[nH]c3=O)C[C@@H]2O)Oc2ccccc2)CCCC1. The van der Waals surface area contributed by atoms with Gasteiger partial charge in [-0.1, -0.05) is 47.0 Å². The van der Waals surface area contributed by atoms with Crippen molar-refractivity contribution in [2.24, 2.45) is 0 Å². The molecule has 0 spiro atoms. The molecule has 2 heterocycles. The summed E-state index contributed by atoms with van der Waals surface area (Å²) in [6.45, 7) is -0.377. The van der Waals surface area contributed by atoms with Crippen molar-refractivity contribution in [2.75, 3.05) is 13.7 Å². The molecule has 1 saturated heterocycles. The fourth-order valence-corrected chi connectivity index (χ4v) is 6.64. The van der Waals surface area contributed by atoms with Crippen molar-refractivity contribution < 1.29 is 33.0 Å². The zero-order valence-corrected chi connectivity index (χ0v) is 23.1. The quantitative estimate of drug-likeness (QED) is 0.269. The molecule has 1 aromatic carbocycles. The van der Waals surface area contributed by atoms with E-state index in [0.29, 0.717) is 12.8 Å². The lowest BCUT2D eigenvalue weighted by Gasteiger charge is -2.31. The number of aliphatic hydroxyl groups excluding tert-OH is 1. The largest absolute Gasteiger partial charge is 0.468 e. The van der Waals surface area contributed by atoms with Crippen molar-refractivity contribution in [2.45, 2.75) is 56.1 Å². The van der Waals surface area contributed by atoms with E-state index in [-0.39, 0.29) is 24.3 Å². The van der Waals surface area contributed by atoms with Crippen LogP contribution in [0.3, 0.4) is 0 Å². The average molecular weight is 614 g/mol. The van der Waals surface area contributed by atoms with Crippen LogP contribution in [0.2, 0.25) is 0 Å². The van der Waals surface area contributed by atoms with Crippen LogP contribution in [0.15, 0.2) is 51.1 Å². The second kappa shape index (κ2) is 12.1. The summed E-state index contributed by atoms with van der Waals surface area (Å²) in [5.41, 5.74) is -2.33. The first-order valence-electron chi connectivity index (χ1n) is 12.0. The number of methoxy groups -OCH3 is 1. The fraction of sp³-hybridized carbons (Fsp3) is 0.458. The van der Waals surface area contributed by atoms with Gasteiger partial charge < -0.3 is 19.1 Å². The highest BCUT2D eigenvalue weighted by molar-refractivity contribution is 9.11. The highest BCUT2D eigenvalue weighted by Gasteiger charge is 2.49. The molecule has 3 N–H and O–H groups in total. The van der Waals surface area contributed by atoms with Crippen LogP contribution in [0.25, 0.3) is 6.08 Å². The van der Waals surface area contributed by atoms with Gasteiger partial charge in [-0.05, 0) is 36.0 Å². The van der Waals surface area contributed by atoms with Gasteiger partial charge in [0, 0.05) is 12.6 Å². The molecule has 1 unspecified atom stereocenters. The molecular weight excluding hydrogens is 585 g/mol. The van der Waals surface area contributed by atoms with Gasteiger partial charge in [-0.15, -0.1) is 0 Å². The fourth-order valence-electron chi connectivity index (χ4n) is 4.61. The number of carbonyl (C=O) groups excluding carboxylic acids is 1. The van der Waals surface area contributed by atoms with E-state index < -0.39 is 48.9 Å². The smallest absolute Gasteiger partial charge is 0.459 e. The highest BCUT2D eigenvalue weighted by Crippen LogP contribution is 2.50. The number of aromatic amines is 1. The molecule has 2 aromatic rings. The van der Waals surface area contributed by atoms with Gasteiger partial charge >= 0.3 is 19.4 Å². The summed E-state index contributed by atoms with van der Waals surface area (Å²) in [4.78, 5) is 40.7. The molecule has 0 bridgehead atoms. The minimum atomic E-state index is -4.20. The number of ether oxygens (including phenoxy) is 2. The third-order valence-corrected chi connectivity index (χ3v) is 8.42. The molecule has 1 aliphatic carbocycles. The summed E-state index contributed by atoms with van der Waals surface area (Å²) in [5.74, 6) is -0.322. The average Bonchev–Trinajstić information content (AvgIpc) is 3.51. The van der Waals surface area contributed by atoms with Gasteiger partial charge in [-0.25, -0.2) is 9.36 Å². The first kappa shape index (κ1) is 28.5. The van der Waals surface area contributed by atoms with Crippen LogP contribution in [0.4, 0.5) is 0 Å². The number of nitrogens with one attached hydrogen (secondary N) is 2. The zero-order valence-electron chi connectivity index (χ0n) is 20.6. The van der Waals surface area contributed by atoms with Crippen molar-refractivity contribution in [3.63, 3.8) is 0 Å². The number of hydrogen-bond donors (Lipinski definition) is 3. The molecule has 2 aliphatic rings. The Balaban J connectivity index is 1.54. The molecular formula is C24H29BrN3O9P. The summed E-state index contributed by atoms with van der Waals surface area (Å²) >= 11 is 3.10. The van der Waals surface area contributed by atoms with Gasteiger partial charge in [-0.2, -0.15) is 5.09 Å². The first-order chi connectivity index (χ1) is 18.2. The van der Waals surface area contributed by atoms with Crippen molar-refractivity contribution in [1.29, 1.82) is 0 Å². The summed E-state index contributed by atoms with van der Waals surface area (Å²) in [6.07, 6.45) is 2.03. The molecule has 206 valence electrons. The van der Waals surface area contributed by atoms with Crippen LogP contribution in [0.1, 0.15) is 43.9 Å². The molecule has 12 nitrogen and oxygen atoms in total. The summed E-state index contributed by atoms with van der Waals surface area (Å²) in [6, 6.07) is 8.34. The predicted octanol–water partition coefficient (Wildman–Crippen LogP) is 2.83. The highest BCUT2D eigenvalue weighted by atomic mass is 79.9. The lowest BCUT2D eigenvalue weighted by Crippen LogP contribution is -2.50. The number of esters is 1. The molecule has 1 saturated carbocycles. The van der Waals surface area contributed by atoms with Crippen LogP contribution in [-0.2, 0) is 23.4 Å². The first-order valence-corrected chi connectivity index (χ1v) is 14.5. The number of nitrogens with zero attached hydrogens (tertiary/aromatic N) is 1. The van der Waals surface area contributed by atoms with E-state index in [1.165, 1.54) is 24.4 Å². The monoisotopic (exact) mass is 613 g/mol. The number of aliphatic hydroxyl groups is 1. The Hall–Kier alpha value is -2.54. The minimum Gasteiger partial charge on any atom is -0.468 e. The Labute approximate surface area is 226 Å². The number of H-pyrrole nitrogens is 1. The maximum absolute atomic E-state index is 14.0. The molecule has 4 atom stereocenters. The summed E-state index contributed by atoms with van der Waals surface area (Å²) < 4.78 is 37.4. The maximum Gasteiger partial charge on any atom is 0.459 e. The van der Waals surface area contributed by atoms with E-state index in [9.17, 15) is 24.1 Å². The molecule has 0 radical (unpaired) electrons. The Morgan fingerprint density at radius 1 is 1.32 bits per heavy atom. The van der Waals surface area contributed by atoms with Crippen molar-refractivity contribution in [3.8, 4) is 5.75 Å². The van der Waals surface area contributed by atoms with Crippen LogP contribution in [-0.4, -0.2) is 52.1 Å². The molecule has 1 aromatic heterocycles. The van der Waals surface area contributed by atoms with Crippen LogP contribution >= 0.6 is 23.7 Å². The van der Waals surface area contributed by atoms with E-state index in [2.05, 4.69) is 26.0 Å². The summed E-state index contributed by atoms with van der Waals surface area (Å²) in [7, 11) is -2.94. The van der Waals surface area contributed by atoms with Crippen molar-refractivity contribution in [3.05, 3.63) is 67.9 Å². The van der Waals surface area contributed by atoms with Crippen molar-refractivity contribution >= 4 is 35.7 Å². The summed E-state index contributed by atoms with van der Waals surface area (Å²) in [5, 5.41) is 13.5. The normalized spacial score (nSPS) is 24.3. The predicted molar refractivity (Wildman–Crippen MR) is 141 cm³/mol. The van der Waals surface area contributed by atoms with Gasteiger partial charge in [0.25, 0.3) is 5.56 Å². The van der Waals surface area contributed by atoms with E-state index in [4.69, 9.17) is 18.5 Å². The molecule has 0 amide bonds. The maximum atomic E-state index is 14.0. The number of carbonyl (C=O) groups is 1. The Morgan fingerprint density at radius 2 is 2.03 bits per heavy atom. The Morgan fingerprint density at radius 3 is 2.68 bits per heavy atom. The third-order valence-electron chi connectivity index (χ3n) is 6.51. The van der Waals surface area contributed by atoms with Gasteiger partial charge in [0.2, 0.25) is 0 Å². The third kappa shape index (κ3) is 6.36. The molecule has 1 aliphatic heterocycles. The Kier molecular flexibility index (Phi) is 9.07. The lowest BCUT2D eigenvalue weighted by atomic mass is 10.00. The second-order valence-electron chi connectivity index (χ2n) is 9.07. The number of halogens is 1. The zero-order chi connectivity index (χ0) is 27.3. The minimum absolute atomic E-state index is 0.0147. The number of rotatable bonds is 10. The number of para-hydroxylation sites is 1. The lowest BCUT2D eigenvalue weighted by molar-refractivity contribution is -0.147. The van der Waals surface area contributed by atoms with E-state index in [0.717, 1.165) is 17.4 Å². The molecule has 14 heteroatoms. The van der Waals surface area contributed by atoms with E-state index in [1.54, 1.807) is 30.3 Å². The standard InChI is InChI=1S/C24H29BrN3O9P/c1-34-22(31)24(10-5-6-11-24)27-38(33,37-17-7-3-2-4-8-17)35-15-19-18(29)13-20(36-19)28-14-16(9-12-25)21(30)26-23(28)32/h2-4,7-9,12,14,18-20,29H,5-6,10-11,13,15H2,1H3,(H,27,33)(H,26,30,32)/b12-9+/t18-,19+,20+,38?/m0/s1. The molecule has 2 fully saturated rings. The van der Waals surface area contributed by atoms with Crippen molar-refractivity contribution in [1.82, 2.24) is 14.6 Å². The van der Waals surface area contributed by atoms with Crippen LogP contribution in [0.5, 0.6) is 5.75 Å². The van der Waals surface area contributed by atoms with Gasteiger partial charge in [0.1, 0.15) is 23.6 Å². The van der Waals surface area contributed by atoms with Crippen LogP contribution in [0, 0.1) is 0 Å². The van der Waals surface area contributed by atoms with Gasteiger partial charge in [0.15, 0.2) is 0 Å². The number of hydrogen-bond acceptors (Lipinski definition) is 9. The van der Waals surface area contributed by atoms with Gasteiger partial charge in [0.05, 0.1) is 25.4 Å². The molecule has 38 heavy (non-hydrogen) atoms. The number of benzene rings is 1. The Bertz CT molecular complexity index is 1320. The van der Waals surface area contributed by atoms with E-state index in [1.807, 2.05) is 0 Å². The van der Waals surface area contributed by atoms with E-state index >= 15 is 0 Å².